The monoisotopic (exact) mass is 385 g/mol. The van der Waals surface area contributed by atoms with E-state index in [0.717, 1.165) is 19.2 Å². The lowest BCUT2D eigenvalue weighted by atomic mass is 10.2. The fourth-order valence-corrected chi connectivity index (χ4v) is 3.77. The SMILES string of the molecule is COc1cc(NSN2CC(N)C2)nc(SCc2cccc(F)c2F)n1. The van der Waals surface area contributed by atoms with Crippen molar-refractivity contribution in [3.8, 4) is 5.88 Å². The lowest BCUT2D eigenvalue weighted by Gasteiger charge is -2.34. The summed E-state index contributed by atoms with van der Waals surface area (Å²) in [7, 11) is 1.51. The van der Waals surface area contributed by atoms with Crippen molar-refractivity contribution in [2.24, 2.45) is 5.73 Å². The van der Waals surface area contributed by atoms with Gasteiger partial charge in [0.1, 0.15) is 5.82 Å². The zero-order valence-corrected chi connectivity index (χ0v) is 15.0. The van der Waals surface area contributed by atoms with Crippen LogP contribution in [0.5, 0.6) is 5.88 Å². The van der Waals surface area contributed by atoms with Crippen molar-refractivity contribution in [1.29, 1.82) is 0 Å². The predicted octanol–water partition coefficient (Wildman–Crippen LogP) is 2.67. The lowest BCUT2D eigenvalue weighted by molar-refractivity contribution is 0.293. The molecule has 0 spiro atoms. The molecule has 1 aliphatic rings. The second-order valence-corrected chi connectivity index (χ2v) is 7.23. The third kappa shape index (κ3) is 4.72. The van der Waals surface area contributed by atoms with Crippen molar-refractivity contribution in [3.05, 3.63) is 41.5 Å². The summed E-state index contributed by atoms with van der Waals surface area (Å²) in [5.74, 6) is -0.540. The maximum absolute atomic E-state index is 13.7. The molecule has 25 heavy (non-hydrogen) atoms. The van der Waals surface area contributed by atoms with Gasteiger partial charge in [-0.15, -0.1) is 0 Å². The molecule has 0 bridgehead atoms. The quantitative estimate of drug-likeness (QED) is 0.428. The van der Waals surface area contributed by atoms with Crippen LogP contribution in [0.4, 0.5) is 14.6 Å². The van der Waals surface area contributed by atoms with E-state index >= 15 is 0 Å². The van der Waals surface area contributed by atoms with Crippen LogP contribution in [0.2, 0.25) is 0 Å². The zero-order valence-electron chi connectivity index (χ0n) is 13.4. The van der Waals surface area contributed by atoms with E-state index in [0.29, 0.717) is 16.9 Å². The summed E-state index contributed by atoms with van der Waals surface area (Å²) in [6.07, 6.45) is 0. The molecule has 3 N–H and O–H groups in total. The van der Waals surface area contributed by atoms with Gasteiger partial charge in [-0.1, -0.05) is 23.9 Å². The summed E-state index contributed by atoms with van der Waals surface area (Å²) >= 11 is 2.61. The number of benzene rings is 1. The number of anilines is 1. The van der Waals surface area contributed by atoms with Crippen molar-refractivity contribution < 1.29 is 13.5 Å². The van der Waals surface area contributed by atoms with E-state index in [1.807, 2.05) is 0 Å². The van der Waals surface area contributed by atoms with Crippen molar-refractivity contribution in [1.82, 2.24) is 14.3 Å². The molecule has 0 amide bonds. The minimum absolute atomic E-state index is 0.210. The third-order valence-corrected chi connectivity index (χ3v) is 5.19. The number of ether oxygens (including phenoxy) is 1. The van der Waals surface area contributed by atoms with E-state index in [4.69, 9.17) is 10.5 Å². The summed E-state index contributed by atoms with van der Waals surface area (Å²) in [6, 6.07) is 5.98. The molecule has 0 aliphatic carbocycles. The summed E-state index contributed by atoms with van der Waals surface area (Å²) in [6.45, 7) is 1.61. The van der Waals surface area contributed by atoms with Crippen LogP contribution in [-0.4, -0.2) is 40.5 Å². The van der Waals surface area contributed by atoms with Gasteiger partial charge in [-0.05, 0) is 6.07 Å². The Morgan fingerprint density at radius 3 is 2.88 bits per heavy atom. The van der Waals surface area contributed by atoms with Crippen LogP contribution in [0.1, 0.15) is 5.56 Å². The highest BCUT2D eigenvalue weighted by molar-refractivity contribution is 7.98. The molecule has 0 unspecified atom stereocenters. The predicted molar refractivity (Wildman–Crippen MR) is 95.3 cm³/mol. The van der Waals surface area contributed by atoms with Gasteiger partial charge >= 0.3 is 0 Å². The Morgan fingerprint density at radius 2 is 2.16 bits per heavy atom. The van der Waals surface area contributed by atoms with Crippen LogP contribution < -0.4 is 15.2 Å². The number of methoxy groups -OCH3 is 1. The molecule has 1 saturated heterocycles. The van der Waals surface area contributed by atoms with Gasteiger partial charge in [0.25, 0.3) is 0 Å². The molecule has 2 aromatic rings. The van der Waals surface area contributed by atoms with Crippen LogP contribution in [0.25, 0.3) is 0 Å². The first-order valence-corrected chi connectivity index (χ1v) is 9.23. The molecule has 10 heteroatoms. The van der Waals surface area contributed by atoms with Gasteiger partial charge in [0.15, 0.2) is 16.8 Å². The van der Waals surface area contributed by atoms with Gasteiger partial charge in [-0.3, -0.25) is 0 Å². The number of halogens is 2. The number of thioether (sulfide) groups is 1. The van der Waals surface area contributed by atoms with Crippen LogP contribution in [0, 0.1) is 11.6 Å². The molecule has 0 radical (unpaired) electrons. The second-order valence-electron chi connectivity index (χ2n) is 5.38. The third-order valence-electron chi connectivity index (χ3n) is 3.44. The lowest BCUT2D eigenvalue weighted by Crippen LogP contribution is -2.52. The molecule has 134 valence electrons. The van der Waals surface area contributed by atoms with E-state index < -0.39 is 11.6 Å². The fourth-order valence-electron chi connectivity index (χ4n) is 2.08. The highest BCUT2D eigenvalue weighted by Crippen LogP contribution is 2.27. The first kappa shape index (κ1) is 18.2. The summed E-state index contributed by atoms with van der Waals surface area (Å²) in [5.41, 5.74) is 6.00. The highest BCUT2D eigenvalue weighted by atomic mass is 32.2. The van der Waals surface area contributed by atoms with Gasteiger partial charge in [0, 0.05) is 48.6 Å². The van der Waals surface area contributed by atoms with Gasteiger partial charge in [0.05, 0.1) is 7.11 Å². The minimum atomic E-state index is -0.865. The molecule has 2 heterocycles. The molecule has 1 aromatic heterocycles. The van der Waals surface area contributed by atoms with E-state index in [2.05, 4.69) is 19.0 Å². The number of aromatic nitrogens is 2. The van der Waals surface area contributed by atoms with Gasteiger partial charge < -0.3 is 15.2 Å². The van der Waals surface area contributed by atoms with Gasteiger partial charge in [-0.2, -0.15) is 4.98 Å². The molecule has 1 aromatic carbocycles. The summed E-state index contributed by atoms with van der Waals surface area (Å²) in [5, 5.41) is 0.409. The van der Waals surface area contributed by atoms with E-state index in [9.17, 15) is 8.78 Å². The van der Waals surface area contributed by atoms with Gasteiger partial charge in [-0.25, -0.2) is 18.1 Å². The number of hydrogen-bond donors (Lipinski definition) is 2. The molecule has 0 atom stereocenters. The highest BCUT2D eigenvalue weighted by Gasteiger charge is 2.23. The first-order chi connectivity index (χ1) is 12.0. The maximum atomic E-state index is 13.7. The molecule has 1 aliphatic heterocycles. The Kier molecular flexibility index (Phi) is 5.94. The molecule has 6 nitrogen and oxygen atoms in total. The Hall–Kier alpha value is -1.62. The Balaban J connectivity index is 1.65. The molecular weight excluding hydrogens is 368 g/mol. The largest absolute Gasteiger partial charge is 0.481 e. The van der Waals surface area contributed by atoms with Crippen molar-refractivity contribution in [2.75, 3.05) is 24.9 Å². The Morgan fingerprint density at radius 1 is 1.36 bits per heavy atom. The van der Waals surface area contributed by atoms with E-state index in [-0.39, 0.29) is 17.4 Å². The normalized spacial score (nSPS) is 15.0. The van der Waals surface area contributed by atoms with E-state index in [1.165, 1.54) is 43.1 Å². The number of nitrogens with one attached hydrogen (secondary N) is 1. The molecule has 0 saturated carbocycles. The number of nitrogens with two attached hydrogens (primary N) is 1. The smallest absolute Gasteiger partial charge is 0.219 e. The van der Waals surface area contributed by atoms with Crippen LogP contribution in [0.15, 0.2) is 29.4 Å². The summed E-state index contributed by atoms with van der Waals surface area (Å²) < 4.78 is 37.3. The zero-order chi connectivity index (χ0) is 17.8. The molecule has 1 fully saturated rings. The standard InChI is InChI=1S/C15H17F2N5OS2/c1-23-13-5-12(21-25-22-6-10(18)7-22)19-15(20-13)24-8-9-3-2-4-11(16)14(9)17/h2-5,10H,6-8,18H2,1H3,(H,19,20,21). The second kappa shape index (κ2) is 8.17. The van der Waals surface area contributed by atoms with Crippen LogP contribution >= 0.6 is 23.9 Å². The number of rotatable bonds is 7. The fraction of sp³-hybridized carbons (Fsp3) is 0.333. The molecular formula is C15H17F2N5OS2. The topological polar surface area (TPSA) is 76.3 Å². The van der Waals surface area contributed by atoms with Crippen molar-refractivity contribution in [2.45, 2.75) is 17.0 Å². The maximum Gasteiger partial charge on any atom is 0.219 e. The van der Waals surface area contributed by atoms with Crippen LogP contribution in [-0.2, 0) is 5.75 Å². The van der Waals surface area contributed by atoms with Crippen LogP contribution in [0.3, 0.4) is 0 Å². The average molecular weight is 385 g/mol. The average Bonchev–Trinajstić information content (AvgIpc) is 2.59. The molecule has 3 rings (SSSR count). The van der Waals surface area contributed by atoms with Crippen molar-refractivity contribution >= 4 is 29.7 Å². The Bertz CT molecular complexity index is 746. The number of hydrogen-bond acceptors (Lipinski definition) is 8. The van der Waals surface area contributed by atoms with E-state index in [1.54, 1.807) is 6.07 Å². The van der Waals surface area contributed by atoms with Gasteiger partial charge in [0.2, 0.25) is 5.88 Å². The first-order valence-electron chi connectivity index (χ1n) is 7.47. The number of nitrogens with zero attached hydrogens (tertiary/aromatic N) is 3. The summed E-state index contributed by atoms with van der Waals surface area (Å²) in [4.78, 5) is 8.59. The Labute approximate surface area is 152 Å². The van der Waals surface area contributed by atoms with Crippen molar-refractivity contribution in [3.63, 3.8) is 0 Å². The minimum Gasteiger partial charge on any atom is -0.481 e.